The maximum atomic E-state index is 13.1. The summed E-state index contributed by atoms with van der Waals surface area (Å²) in [5, 5.41) is 10.9. The first-order chi connectivity index (χ1) is 20.5. The average molecular weight is 594 g/mol. The molecular formula is C33H44FN5O4. The SMILES string of the molecule is C/C=C\N=C(Nc1ccc(C(=O)N2CCC(C(N)=O)CC2)c(C)c1)C(C)=N/C=C(\C)c1ccc(OC(C)F)cc1.CCO. The number of primary amides is 1. The van der Waals surface area contributed by atoms with Crippen molar-refractivity contribution in [3.8, 4) is 5.75 Å². The number of nitrogens with one attached hydrogen (secondary N) is 1. The number of anilines is 1. The predicted molar refractivity (Wildman–Crippen MR) is 172 cm³/mol. The normalized spacial score (nSPS) is 15.5. The Labute approximate surface area is 254 Å². The van der Waals surface area contributed by atoms with Crippen molar-refractivity contribution in [3.63, 3.8) is 0 Å². The molecule has 3 rings (SSSR count). The molecule has 0 aromatic heterocycles. The number of carbonyl (C=O) groups is 2. The molecule has 2 aromatic rings. The maximum absolute atomic E-state index is 13.1. The van der Waals surface area contributed by atoms with E-state index >= 15 is 0 Å². The standard InChI is InChI=1S/C31H38FN5O3.C2H6O/c1-6-15-34-30(22(4)35-19-21(3)24-7-10-27(11-8-24)40-23(5)32)36-26-9-12-28(20(2)18-26)31(39)37-16-13-25(14-17-37)29(33)38;1-2-3/h6-12,15,18-19,23,25H,13-14,16-17H2,1-5H3,(H2,33,38)(H,34,36);3H,2H2,1H3/b15-6-,21-19+,35-22?;. The molecule has 1 fully saturated rings. The first-order valence-electron chi connectivity index (χ1n) is 14.4. The molecule has 2 aromatic carbocycles. The number of alkyl halides is 1. The highest BCUT2D eigenvalue weighted by molar-refractivity contribution is 6.45. The van der Waals surface area contributed by atoms with E-state index in [1.807, 2.05) is 58.0 Å². The molecular weight excluding hydrogens is 549 g/mol. The van der Waals surface area contributed by atoms with Crippen molar-refractivity contribution in [1.29, 1.82) is 0 Å². The summed E-state index contributed by atoms with van der Waals surface area (Å²) in [7, 11) is 0. The molecule has 0 saturated carbocycles. The number of carbonyl (C=O) groups excluding carboxylic acids is 2. The number of halogens is 1. The van der Waals surface area contributed by atoms with Gasteiger partial charge in [-0.15, -0.1) is 0 Å². The lowest BCUT2D eigenvalue weighted by atomic mass is 9.95. The molecule has 0 radical (unpaired) electrons. The Hall–Kier alpha value is -4.31. The van der Waals surface area contributed by atoms with E-state index < -0.39 is 6.36 Å². The third kappa shape index (κ3) is 11.1. The second kappa shape index (κ2) is 17.6. The number of allylic oxidation sites excluding steroid dienone is 2. The van der Waals surface area contributed by atoms with Crippen LogP contribution < -0.4 is 15.8 Å². The molecule has 1 atom stereocenters. The van der Waals surface area contributed by atoms with Gasteiger partial charge in [0.15, 0.2) is 5.84 Å². The first-order valence-corrected chi connectivity index (χ1v) is 14.4. The number of aliphatic imine (C=N–C) groups is 2. The Morgan fingerprint density at radius 3 is 2.33 bits per heavy atom. The summed E-state index contributed by atoms with van der Waals surface area (Å²) >= 11 is 0. The number of aliphatic hydroxyl groups is 1. The number of likely N-dealkylation sites (tertiary alicyclic amines) is 1. The van der Waals surface area contributed by atoms with Crippen LogP contribution in [0.3, 0.4) is 0 Å². The number of amides is 2. The van der Waals surface area contributed by atoms with E-state index in [0.29, 0.717) is 48.8 Å². The van der Waals surface area contributed by atoms with Crippen molar-refractivity contribution in [1.82, 2.24) is 4.90 Å². The molecule has 43 heavy (non-hydrogen) atoms. The van der Waals surface area contributed by atoms with Crippen LogP contribution in [0.15, 0.2) is 70.9 Å². The van der Waals surface area contributed by atoms with E-state index in [1.165, 1.54) is 6.92 Å². The zero-order valence-electron chi connectivity index (χ0n) is 25.9. The molecule has 0 bridgehead atoms. The van der Waals surface area contributed by atoms with Crippen molar-refractivity contribution in [2.75, 3.05) is 25.0 Å². The molecule has 0 aliphatic carbocycles. The van der Waals surface area contributed by atoms with Gasteiger partial charge in [-0.25, -0.2) is 9.38 Å². The molecule has 1 saturated heterocycles. The molecule has 10 heteroatoms. The van der Waals surface area contributed by atoms with Crippen LogP contribution in [0.5, 0.6) is 5.75 Å². The highest BCUT2D eigenvalue weighted by atomic mass is 19.1. The average Bonchev–Trinajstić information content (AvgIpc) is 2.98. The van der Waals surface area contributed by atoms with Crippen LogP contribution in [0.1, 0.15) is 68.9 Å². The number of ether oxygens (including phenoxy) is 1. The van der Waals surface area contributed by atoms with Gasteiger partial charge >= 0.3 is 0 Å². The van der Waals surface area contributed by atoms with E-state index in [9.17, 15) is 14.0 Å². The molecule has 1 aliphatic rings. The second-order valence-electron chi connectivity index (χ2n) is 10.1. The minimum atomic E-state index is -1.37. The fraction of sp³-hybridized carbons (Fsp3) is 0.394. The molecule has 1 heterocycles. The van der Waals surface area contributed by atoms with Crippen molar-refractivity contribution in [2.24, 2.45) is 21.6 Å². The van der Waals surface area contributed by atoms with Crippen LogP contribution in [0, 0.1) is 12.8 Å². The predicted octanol–water partition coefficient (Wildman–Crippen LogP) is 5.89. The van der Waals surface area contributed by atoms with Crippen LogP contribution in [0.25, 0.3) is 5.57 Å². The number of hydrogen-bond acceptors (Lipinski definition) is 6. The number of piperidine rings is 1. The minimum Gasteiger partial charge on any atom is -0.461 e. The van der Waals surface area contributed by atoms with E-state index in [4.69, 9.17) is 15.6 Å². The van der Waals surface area contributed by atoms with Gasteiger partial charge in [0.05, 0.1) is 5.71 Å². The third-order valence-corrected chi connectivity index (χ3v) is 6.66. The summed E-state index contributed by atoms with van der Waals surface area (Å²) in [4.78, 5) is 35.5. The summed E-state index contributed by atoms with van der Waals surface area (Å²) in [5.74, 6) is 0.516. The smallest absolute Gasteiger partial charge is 0.254 e. The Bertz CT molecular complexity index is 1340. The zero-order valence-corrected chi connectivity index (χ0v) is 25.9. The molecule has 1 unspecified atom stereocenters. The van der Waals surface area contributed by atoms with E-state index in [1.54, 1.807) is 42.4 Å². The first kappa shape index (κ1) is 34.9. The molecule has 4 N–H and O–H groups in total. The highest BCUT2D eigenvalue weighted by Crippen LogP contribution is 2.23. The van der Waals surface area contributed by atoms with Crippen molar-refractivity contribution >= 4 is 34.6 Å². The van der Waals surface area contributed by atoms with Crippen LogP contribution >= 0.6 is 0 Å². The lowest BCUT2D eigenvalue weighted by Gasteiger charge is -2.31. The van der Waals surface area contributed by atoms with Crippen LogP contribution in [0.2, 0.25) is 0 Å². The third-order valence-electron chi connectivity index (χ3n) is 6.66. The topological polar surface area (TPSA) is 130 Å². The van der Waals surface area contributed by atoms with Crippen molar-refractivity contribution < 1.29 is 23.8 Å². The van der Waals surface area contributed by atoms with E-state index in [2.05, 4.69) is 15.3 Å². The Kier molecular flexibility index (Phi) is 14.3. The van der Waals surface area contributed by atoms with Gasteiger partial charge < -0.3 is 25.8 Å². The molecule has 0 spiro atoms. The quantitative estimate of drug-likeness (QED) is 0.247. The van der Waals surface area contributed by atoms with Crippen molar-refractivity contribution in [3.05, 3.63) is 77.6 Å². The second-order valence-corrected chi connectivity index (χ2v) is 10.1. The van der Waals surface area contributed by atoms with Crippen LogP contribution in [-0.2, 0) is 4.79 Å². The van der Waals surface area contributed by atoms with E-state index in [-0.39, 0.29) is 24.3 Å². The number of amidine groups is 1. The van der Waals surface area contributed by atoms with Gasteiger partial charge in [0.1, 0.15) is 5.75 Å². The number of nitrogens with zero attached hydrogens (tertiary/aromatic N) is 3. The molecule has 232 valence electrons. The Morgan fingerprint density at radius 1 is 1.16 bits per heavy atom. The largest absolute Gasteiger partial charge is 0.461 e. The van der Waals surface area contributed by atoms with Gasteiger partial charge in [-0.2, -0.15) is 0 Å². The minimum absolute atomic E-state index is 0.0491. The van der Waals surface area contributed by atoms with Crippen LogP contribution in [-0.4, -0.2) is 59.4 Å². The fourth-order valence-corrected chi connectivity index (χ4v) is 4.33. The maximum Gasteiger partial charge on any atom is 0.254 e. The lowest BCUT2D eigenvalue weighted by Crippen LogP contribution is -2.41. The molecule has 2 amide bonds. The number of rotatable bonds is 9. The lowest BCUT2D eigenvalue weighted by molar-refractivity contribution is -0.123. The number of benzene rings is 2. The Balaban J connectivity index is 0.00000206. The van der Waals surface area contributed by atoms with Gasteiger partial charge in [0.25, 0.3) is 5.91 Å². The number of aliphatic hydroxyl groups excluding tert-OH is 1. The van der Waals surface area contributed by atoms with Gasteiger partial charge in [-0.3, -0.25) is 14.6 Å². The monoisotopic (exact) mass is 593 g/mol. The number of nitrogens with two attached hydrogens (primary N) is 1. The molecule has 9 nitrogen and oxygen atoms in total. The van der Waals surface area contributed by atoms with Gasteiger partial charge in [0.2, 0.25) is 12.3 Å². The highest BCUT2D eigenvalue weighted by Gasteiger charge is 2.27. The van der Waals surface area contributed by atoms with Gasteiger partial charge in [-0.05, 0) is 94.5 Å². The van der Waals surface area contributed by atoms with Gasteiger partial charge in [0, 0.05) is 56.2 Å². The van der Waals surface area contributed by atoms with Crippen LogP contribution in [0.4, 0.5) is 10.1 Å². The summed E-state index contributed by atoms with van der Waals surface area (Å²) in [6.45, 7) is 11.9. The number of aryl methyl sites for hydroxylation is 1. The van der Waals surface area contributed by atoms with Crippen molar-refractivity contribution in [2.45, 2.75) is 60.7 Å². The zero-order chi connectivity index (χ0) is 31.9. The number of hydrogen-bond donors (Lipinski definition) is 3. The molecule has 1 aliphatic heterocycles. The summed E-state index contributed by atoms with van der Waals surface area (Å²) in [5.41, 5.74) is 10.2. The van der Waals surface area contributed by atoms with Gasteiger partial charge in [-0.1, -0.05) is 18.2 Å². The summed E-state index contributed by atoms with van der Waals surface area (Å²) in [6, 6.07) is 12.7. The van der Waals surface area contributed by atoms with E-state index in [0.717, 1.165) is 22.4 Å². The fourth-order valence-electron chi connectivity index (χ4n) is 4.33. The summed E-state index contributed by atoms with van der Waals surface area (Å²) < 4.78 is 18.1. The summed E-state index contributed by atoms with van der Waals surface area (Å²) in [6.07, 6.45) is 5.08. The Morgan fingerprint density at radius 2 is 1.79 bits per heavy atom.